The van der Waals surface area contributed by atoms with Crippen molar-refractivity contribution < 1.29 is 5.11 Å². The smallest absolute Gasteiger partial charge is 0.0508 e. The Kier molecular flexibility index (Phi) is 2.21. The van der Waals surface area contributed by atoms with Gasteiger partial charge in [0.25, 0.3) is 0 Å². The van der Waals surface area contributed by atoms with Crippen LogP contribution in [0.5, 0.6) is 0 Å². The maximum absolute atomic E-state index is 9.38. The second kappa shape index (κ2) is 3.05. The normalized spacial score (nSPS) is 36.0. The van der Waals surface area contributed by atoms with E-state index in [9.17, 15) is 5.11 Å². The molecule has 1 aliphatic carbocycles. The molecule has 0 spiro atoms. The average molecular weight is 211 g/mol. The zero-order chi connectivity index (χ0) is 10.4. The van der Waals surface area contributed by atoms with Gasteiger partial charge in [0.05, 0.1) is 6.61 Å². The van der Waals surface area contributed by atoms with Crippen LogP contribution in [0.2, 0.25) is 0 Å². The predicted octanol–water partition coefficient (Wildman–Crippen LogP) is 1.66. The van der Waals surface area contributed by atoms with Crippen LogP contribution in [0.25, 0.3) is 0 Å². The van der Waals surface area contributed by atoms with Crippen LogP contribution in [0, 0.1) is 12.3 Å². The second-order valence-electron chi connectivity index (χ2n) is 4.56. The number of hydrogen-bond donors (Lipinski definition) is 2. The summed E-state index contributed by atoms with van der Waals surface area (Å²) in [6.45, 7) is 5.11. The molecule has 2 nitrogen and oxygen atoms in total. The van der Waals surface area contributed by atoms with E-state index >= 15 is 0 Å². The Morgan fingerprint density at radius 1 is 1.57 bits per heavy atom. The first-order valence-electron chi connectivity index (χ1n) is 4.96. The van der Waals surface area contributed by atoms with Gasteiger partial charge in [0.15, 0.2) is 0 Å². The van der Waals surface area contributed by atoms with Crippen LogP contribution in [0.1, 0.15) is 23.1 Å². The van der Waals surface area contributed by atoms with Crippen molar-refractivity contribution in [2.24, 2.45) is 11.1 Å². The summed E-state index contributed by atoms with van der Waals surface area (Å²) in [5, 5.41) is 9.38. The summed E-state index contributed by atoms with van der Waals surface area (Å²) in [5.41, 5.74) is 5.81. The zero-order valence-corrected chi connectivity index (χ0v) is 9.53. The molecule has 0 amide bonds. The molecule has 3 N–H and O–H groups in total. The molecule has 1 aromatic rings. The van der Waals surface area contributed by atoms with Gasteiger partial charge in [-0.2, -0.15) is 0 Å². The van der Waals surface area contributed by atoms with Gasteiger partial charge in [0.1, 0.15) is 0 Å². The van der Waals surface area contributed by atoms with Crippen LogP contribution in [-0.4, -0.2) is 18.3 Å². The third-order valence-electron chi connectivity index (χ3n) is 3.72. The van der Waals surface area contributed by atoms with Crippen LogP contribution < -0.4 is 5.73 Å². The number of aryl methyl sites for hydroxylation is 1. The molecule has 14 heavy (non-hydrogen) atoms. The molecule has 1 aliphatic rings. The molecule has 0 aliphatic heterocycles. The maximum atomic E-state index is 9.38. The number of nitrogens with two attached hydrogens (primary N) is 1. The second-order valence-corrected chi connectivity index (χ2v) is 5.85. The van der Waals surface area contributed by atoms with Crippen molar-refractivity contribution in [2.45, 2.75) is 25.7 Å². The Morgan fingerprint density at radius 3 is 2.64 bits per heavy atom. The molecule has 2 unspecified atom stereocenters. The summed E-state index contributed by atoms with van der Waals surface area (Å²) < 4.78 is 0. The number of aliphatic hydroxyl groups excluding tert-OH is 1. The zero-order valence-electron chi connectivity index (χ0n) is 8.71. The fourth-order valence-electron chi connectivity index (χ4n) is 2.30. The molecule has 1 aromatic heterocycles. The molecular weight excluding hydrogens is 194 g/mol. The summed E-state index contributed by atoms with van der Waals surface area (Å²) in [6, 6.07) is 4.31. The number of hydrogen-bond acceptors (Lipinski definition) is 3. The Morgan fingerprint density at radius 2 is 2.29 bits per heavy atom. The van der Waals surface area contributed by atoms with Crippen molar-refractivity contribution in [1.29, 1.82) is 0 Å². The lowest BCUT2D eigenvalue weighted by Crippen LogP contribution is -2.27. The van der Waals surface area contributed by atoms with E-state index in [1.54, 1.807) is 0 Å². The van der Waals surface area contributed by atoms with Crippen LogP contribution in [0.3, 0.4) is 0 Å². The van der Waals surface area contributed by atoms with E-state index in [0.29, 0.717) is 6.54 Å². The molecule has 1 heterocycles. The molecule has 0 aromatic carbocycles. The molecule has 1 saturated carbocycles. The molecule has 0 saturated heterocycles. The van der Waals surface area contributed by atoms with Crippen molar-refractivity contribution in [1.82, 2.24) is 0 Å². The minimum absolute atomic E-state index is 0.0513. The highest BCUT2D eigenvalue weighted by Gasteiger charge is 2.64. The third-order valence-corrected chi connectivity index (χ3v) is 4.98. The van der Waals surface area contributed by atoms with Gasteiger partial charge in [-0.25, -0.2) is 0 Å². The molecule has 0 radical (unpaired) electrons. The average Bonchev–Trinajstić information content (AvgIpc) is 2.54. The quantitative estimate of drug-likeness (QED) is 0.798. The van der Waals surface area contributed by atoms with Crippen LogP contribution >= 0.6 is 11.3 Å². The van der Waals surface area contributed by atoms with E-state index in [1.165, 1.54) is 9.75 Å². The van der Waals surface area contributed by atoms with Gasteiger partial charge in [-0.15, -0.1) is 11.3 Å². The molecular formula is C11H17NOS. The minimum atomic E-state index is -0.0513. The Bertz CT molecular complexity index is 343. The van der Waals surface area contributed by atoms with E-state index in [1.807, 2.05) is 11.3 Å². The largest absolute Gasteiger partial charge is 0.396 e. The third kappa shape index (κ3) is 1.16. The summed E-state index contributed by atoms with van der Waals surface area (Å²) >= 11 is 1.82. The number of thiophene rings is 1. The van der Waals surface area contributed by atoms with Crippen LogP contribution in [0.4, 0.5) is 0 Å². The fourth-order valence-corrected chi connectivity index (χ4v) is 3.44. The molecule has 3 heteroatoms. The van der Waals surface area contributed by atoms with Crippen LogP contribution in [0.15, 0.2) is 12.1 Å². The Hall–Kier alpha value is -0.380. The number of rotatable bonds is 3. The van der Waals surface area contributed by atoms with E-state index in [0.717, 1.165) is 6.42 Å². The standard InChI is InChI=1S/C11H17NOS/c1-8-3-4-9(14-8)10(2)5-11(10,6-12)7-13/h3-4,13H,5-7,12H2,1-2H3. The highest BCUT2D eigenvalue weighted by Crippen LogP contribution is 2.64. The van der Waals surface area contributed by atoms with Gasteiger partial charge in [0.2, 0.25) is 0 Å². The minimum Gasteiger partial charge on any atom is -0.396 e. The first-order valence-corrected chi connectivity index (χ1v) is 5.77. The SMILES string of the molecule is Cc1ccc(C2(C)CC2(CN)CO)s1. The highest BCUT2D eigenvalue weighted by molar-refractivity contribution is 7.12. The lowest BCUT2D eigenvalue weighted by atomic mass is 9.93. The molecule has 2 atom stereocenters. The lowest BCUT2D eigenvalue weighted by Gasteiger charge is -2.17. The molecule has 1 fully saturated rings. The van der Waals surface area contributed by atoms with Gasteiger partial charge in [0, 0.05) is 27.1 Å². The first kappa shape index (κ1) is 10.1. The van der Waals surface area contributed by atoms with Crippen molar-refractivity contribution in [2.75, 3.05) is 13.2 Å². The maximum Gasteiger partial charge on any atom is 0.0508 e. The van der Waals surface area contributed by atoms with Crippen molar-refractivity contribution >= 4 is 11.3 Å². The molecule has 2 rings (SSSR count). The summed E-state index contributed by atoms with van der Waals surface area (Å²) in [7, 11) is 0. The van der Waals surface area contributed by atoms with Gasteiger partial charge in [-0.1, -0.05) is 6.92 Å². The van der Waals surface area contributed by atoms with E-state index < -0.39 is 0 Å². The van der Waals surface area contributed by atoms with E-state index in [4.69, 9.17) is 5.73 Å². The summed E-state index contributed by atoms with van der Waals surface area (Å²) in [5.74, 6) is 0. The first-order chi connectivity index (χ1) is 6.58. The molecule has 0 bridgehead atoms. The van der Waals surface area contributed by atoms with E-state index in [-0.39, 0.29) is 17.4 Å². The van der Waals surface area contributed by atoms with Crippen molar-refractivity contribution in [3.05, 3.63) is 21.9 Å². The molecule has 78 valence electrons. The summed E-state index contributed by atoms with van der Waals surface area (Å²) in [6.07, 6.45) is 1.02. The monoisotopic (exact) mass is 211 g/mol. The lowest BCUT2D eigenvalue weighted by molar-refractivity contribution is 0.199. The number of aliphatic hydroxyl groups is 1. The van der Waals surface area contributed by atoms with E-state index in [2.05, 4.69) is 26.0 Å². The van der Waals surface area contributed by atoms with Crippen molar-refractivity contribution in [3.8, 4) is 0 Å². The Labute approximate surface area is 88.8 Å². The van der Waals surface area contributed by atoms with Gasteiger partial charge < -0.3 is 10.8 Å². The van der Waals surface area contributed by atoms with Crippen molar-refractivity contribution in [3.63, 3.8) is 0 Å². The Balaban J connectivity index is 2.29. The van der Waals surface area contributed by atoms with Gasteiger partial charge >= 0.3 is 0 Å². The van der Waals surface area contributed by atoms with Gasteiger partial charge in [-0.05, 0) is 25.5 Å². The van der Waals surface area contributed by atoms with Crippen LogP contribution in [-0.2, 0) is 5.41 Å². The fraction of sp³-hybridized carbons (Fsp3) is 0.636. The predicted molar refractivity (Wildman–Crippen MR) is 59.6 cm³/mol. The summed E-state index contributed by atoms with van der Waals surface area (Å²) in [4.78, 5) is 2.70. The van der Waals surface area contributed by atoms with Gasteiger partial charge in [-0.3, -0.25) is 0 Å². The topological polar surface area (TPSA) is 46.2 Å². The highest BCUT2D eigenvalue weighted by atomic mass is 32.1.